The normalized spacial score (nSPS) is 20.0. The van der Waals surface area contributed by atoms with Crippen LogP contribution in [0.1, 0.15) is 47.8 Å². The molecule has 2 saturated heterocycles. The first-order valence-electron chi connectivity index (χ1n) is 10.4. The van der Waals surface area contributed by atoms with Gasteiger partial charge in [0.2, 0.25) is 5.91 Å². The summed E-state index contributed by atoms with van der Waals surface area (Å²) in [6, 6.07) is 10.3. The number of piperidine rings is 1. The number of hydrogen-bond acceptors (Lipinski definition) is 5. The fraction of sp³-hybridized carbons (Fsp3) is 0.524. The van der Waals surface area contributed by atoms with Gasteiger partial charge in [-0.2, -0.15) is 0 Å². The molecule has 2 aromatic rings. The van der Waals surface area contributed by atoms with E-state index in [2.05, 4.69) is 20.9 Å². The number of aromatic nitrogens is 3. The quantitative estimate of drug-likeness (QED) is 0.765. The molecule has 3 heterocycles. The van der Waals surface area contributed by atoms with E-state index in [-0.39, 0.29) is 17.9 Å². The Labute approximate surface area is 170 Å². The van der Waals surface area contributed by atoms with Crippen LogP contribution in [0.25, 0.3) is 0 Å². The molecule has 2 aliphatic heterocycles. The van der Waals surface area contributed by atoms with Crippen molar-refractivity contribution in [2.45, 2.75) is 44.2 Å². The fourth-order valence-corrected chi connectivity index (χ4v) is 4.05. The third kappa shape index (κ3) is 5.00. The van der Waals surface area contributed by atoms with Gasteiger partial charge in [-0.3, -0.25) is 9.59 Å². The predicted molar refractivity (Wildman–Crippen MR) is 108 cm³/mol. The number of rotatable bonds is 6. The van der Waals surface area contributed by atoms with Gasteiger partial charge in [0.1, 0.15) is 0 Å². The van der Waals surface area contributed by atoms with Crippen LogP contribution < -0.4 is 10.6 Å². The number of aryl methyl sites for hydroxylation is 1. The molecule has 0 spiro atoms. The van der Waals surface area contributed by atoms with Gasteiger partial charge in [-0.05, 0) is 44.3 Å². The van der Waals surface area contributed by atoms with Crippen molar-refractivity contribution in [1.82, 2.24) is 30.5 Å². The van der Waals surface area contributed by atoms with E-state index in [0.717, 1.165) is 38.8 Å². The van der Waals surface area contributed by atoms with Crippen LogP contribution in [-0.2, 0) is 11.2 Å². The van der Waals surface area contributed by atoms with Gasteiger partial charge in [-0.1, -0.05) is 35.5 Å². The molecule has 8 nitrogen and oxygen atoms in total. The van der Waals surface area contributed by atoms with Crippen LogP contribution in [0.2, 0.25) is 0 Å². The number of nitrogens with zero attached hydrogens (tertiary/aromatic N) is 4. The Morgan fingerprint density at radius 2 is 1.93 bits per heavy atom. The third-order valence-corrected chi connectivity index (χ3v) is 5.77. The molecular formula is C21H28N6O2. The standard InChI is InChI=1S/C21H28N6O2/c28-20(7-6-16-4-2-1-3-5-16)26-13-10-17(14-26)23-21(29)19-15-27(25-24-19)18-8-11-22-12-9-18/h1-5,15,17-18,22H,6-14H2,(H,23,29). The Bertz CT molecular complexity index is 831. The highest BCUT2D eigenvalue weighted by Gasteiger charge is 2.28. The van der Waals surface area contributed by atoms with Crippen molar-refractivity contribution in [3.8, 4) is 0 Å². The Balaban J connectivity index is 1.24. The summed E-state index contributed by atoms with van der Waals surface area (Å²) in [5, 5.41) is 14.5. The van der Waals surface area contributed by atoms with Gasteiger partial charge in [0.25, 0.3) is 5.91 Å². The van der Waals surface area contributed by atoms with E-state index >= 15 is 0 Å². The van der Waals surface area contributed by atoms with Crippen molar-refractivity contribution in [2.75, 3.05) is 26.2 Å². The van der Waals surface area contributed by atoms with Crippen LogP contribution in [0.3, 0.4) is 0 Å². The van der Waals surface area contributed by atoms with Crippen LogP contribution in [0.15, 0.2) is 36.5 Å². The molecule has 154 valence electrons. The predicted octanol–water partition coefficient (Wildman–Crippen LogP) is 1.17. The number of hydrogen-bond donors (Lipinski definition) is 2. The van der Waals surface area contributed by atoms with Crippen molar-refractivity contribution >= 4 is 11.8 Å². The van der Waals surface area contributed by atoms with Crippen molar-refractivity contribution in [3.05, 3.63) is 47.8 Å². The maximum absolute atomic E-state index is 12.5. The van der Waals surface area contributed by atoms with Gasteiger partial charge in [-0.15, -0.1) is 5.10 Å². The molecule has 0 radical (unpaired) electrons. The first kappa shape index (κ1) is 19.6. The Morgan fingerprint density at radius 3 is 2.72 bits per heavy atom. The summed E-state index contributed by atoms with van der Waals surface area (Å²) in [4.78, 5) is 26.9. The van der Waals surface area contributed by atoms with Gasteiger partial charge < -0.3 is 15.5 Å². The number of benzene rings is 1. The van der Waals surface area contributed by atoms with Gasteiger partial charge in [0.15, 0.2) is 5.69 Å². The van der Waals surface area contributed by atoms with Crippen LogP contribution in [-0.4, -0.2) is 63.9 Å². The first-order chi connectivity index (χ1) is 14.2. The summed E-state index contributed by atoms with van der Waals surface area (Å²) in [5.74, 6) is -0.0729. The molecule has 1 unspecified atom stereocenters. The molecule has 2 aliphatic rings. The van der Waals surface area contributed by atoms with E-state index in [1.54, 1.807) is 6.20 Å². The first-order valence-corrected chi connectivity index (χ1v) is 10.4. The smallest absolute Gasteiger partial charge is 0.273 e. The van der Waals surface area contributed by atoms with Gasteiger partial charge in [-0.25, -0.2) is 4.68 Å². The lowest BCUT2D eigenvalue weighted by molar-refractivity contribution is -0.130. The number of amides is 2. The molecule has 1 aromatic heterocycles. The highest BCUT2D eigenvalue weighted by atomic mass is 16.2. The van der Waals surface area contributed by atoms with Crippen LogP contribution in [0.5, 0.6) is 0 Å². The zero-order chi connectivity index (χ0) is 20.1. The summed E-state index contributed by atoms with van der Waals surface area (Å²) >= 11 is 0. The summed E-state index contributed by atoms with van der Waals surface area (Å²) in [6.45, 7) is 3.16. The topological polar surface area (TPSA) is 92.2 Å². The molecule has 4 rings (SSSR count). The number of carbonyl (C=O) groups excluding carboxylic acids is 2. The molecule has 0 saturated carbocycles. The summed E-state index contributed by atoms with van der Waals surface area (Å²) < 4.78 is 1.81. The second kappa shape index (κ2) is 9.17. The van der Waals surface area contributed by atoms with E-state index in [0.29, 0.717) is 31.2 Å². The molecular weight excluding hydrogens is 368 g/mol. The molecule has 8 heteroatoms. The van der Waals surface area contributed by atoms with Crippen molar-refractivity contribution in [2.24, 2.45) is 0 Å². The van der Waals surface area contributed by atoms with Crippen molar-refractivity contribution in [1.29, 1.82) is 0 Å². The van der Waals surface area contributed by atoms with Crippen molar-refractivity contribution < 1.29 is 9.59 Å². The molecule has 2 amide bonds. The highest BCUT2D eigenvalue weighted by molar-refractivity contribution is 5.92. The lowest BCUT2D eigenvalue weighted by Gasteiger charge is -2.22. The van der Waals surface area contributed by atoms with Gasteiger partial charge in [0, 0.05) is 25.6 Å². The Kier molecular flexibility index (Phi) is 6.19. The highest BCUT2D eigenvalue weighted by Crippen LogP contribution is 2.17. The Hall–Kier alpha value is -2.74. The summed E-state index contributed by atoms with van der Waals surface area (Å²) in [5.41, 5.74) is 1.51. The molecule has 1 atom stereocenters. The minimum atomic E-state index is -0.214. The van der Waals surface area contributed by atoms with E-state index in [1.165, 1.54) is 5.56 Å². The van der Waals surface area contributed by atoms with E-state index in [4.69, 9.17) is 0 Å². The van der Waals surface area contributed by atoms with Gasteiger partial charge >= 0.3 is 0 Å². The average molecular weight is 396 g/mol. The molecule has 2 fully saturated rings. The fourth-order valence-electron chi connectivity index (χ4n) is 4.05. The van der Waals surface area contributed by atoms with Crippen LogP contribution in [0.4, 0.5) is 0 Å². The summed E-state index contributed by atoms with van der Waals surface area (Å²) in [6.07, 6.45) is 5.73. The minimum absolute atomic E-state index is 0.0350. The molecule has 0 bridgehead atoms. The lowest BCUT2D eigenvalue weighted by atomic mass is 10.1. The zero-order valence-electron chi connectivity index (χ0n) is 16.6. The van der Waals surface area contributed by atoms with Crippen LogP contribution >= 0.6 is 0 Å². The largest absolute Gasteiger partial charge is 0.346 e. The van der Waals surface area contributed by atoms with Crippen molar-refractivity contribution in [3.63, 3.8) is 0 Å². The number of carbonyl (C=O) groups is 2. The maximum atomic E-state index is 12.5. The number of nitrogens with one attached hydrogen (secondary N) is 2. The molecule has 29 heavy (non-hydrogen) atoms. The zero-order valence-corrected chi connectivity index (χ0v) is 16.6. The molecule has 2 N–H and O–H groups in total. The van der Waals surface area contributed by atoms with E-state index in [1.807, 2.05) is 39.9 Å². The SMILES string of the molecule is O=C(NC1CCN(C(=O)CCc2ccccc2)C1)c1cn(C2CCNCC2)nn1. The second-order valence-electron chi connectivity index (χ2n) is 7.85. The van der Waals surface area contributed by atoms with Crippen LogP contribution in [0, 0.1) is 0 Å². The average Bonchev–Trinajstić information content (AvgIpc) is 3.43. The summed E-state index contributed by atoms with van der Waals surface area (Å²) in [7, 11) is 0. The number of likely N-dealkylation sites (tertiary alicyclic amines) is 1. The van der Waals surface area contributed by atoms with Gasteiger partial charge in [0.05, 0.1) is 12.2 Å². The molecule has 1 aromatic carbocycles. The van der Waals surface area contributed by atoms with E-state index in [9.17, 15) is 9.59 Å². The third-order valence-electron chi connectivity index (χ3n) is 5.77. The molecule has 0 aliphatic carbocycles. The lowest BCUT2D eigenvalue weighted by Crippen LogP contribution is -2.38. The minimum Gasteiger partial charge on any atom is -0.346 e. The second-order valence-corrected chi connectivity index (χ2v) is 7.85. The maximum Gasteiger partial charge on any atom is 0.273 e. The monoisotopic (exact) mass is 396 g/mol. The van der Waals surface area contributed by atoms with E-state index < -0.39 is 0 Å². The Morgan fingerprint density at radius 1 is 1.14 bits per heavy atom.